The fourth-order valence-corrected chi connectivity index (χ4v) is 1.35. The van der Waals surface area contributed by atoms with Crippen LogP contribution in [0.1, 0.15) is 19.3 Å². The summed E-state index contributed by atoms with van der Waals surface area (Å²) < 4.78 is 5.65. The summed E-state index contributed by atoms with van der Waals surface area (Å²) in [6.45, 7) is 0. The Bertz CT molecular complexity index is 364. The van der Waals surface area contributed by atoms with E-state index in [1.54, 1.807) is 7.05 Å². The summed E-state index contributed by atoms with van der Waals surface area (Å²) in [5.74, 6) is 1.14. The average molecular weight is 223 g/mol. The summed E-state index contributed by atoms with van der Waals surface area (Å²) in [5.41, 5.74) is 0. The minimum atomic E-state index is 0.280. The fraction of sp³-hybridized carbons (Fsp3) is 0.700. The summed E-state index contributed by atoms with van der Waals surface area (Å²) in [6, 6.07) is 0.410. The molecule has 1 saturated carbocycles. The normalized spacial score (nSPS) is 15.4. The van der Waals surface area contributed by atoms with Crippen molar-refractivity contribution in [1.29, 1.82) is 0 Å². The molecule has 0 bridgehead atoms. The van der Waals surface area contributed by atoms with Gasteiger partial charge in [-0.2, -0.15) is 15.0 Å². The fourth-order valence-electron chi connectivity index (χ4n) is 1.35. The number of nitrogens with zero attached hydrogens (tertiary/aromatic N) is 4. The highest BCUT2D eigenvalue weighted by Gasteiger charge is 2.21. The first-order valence-corrected chi connectivity index (χ1v) is 5.47. The molecule has 88 valence electrons. The third kappa shape index (κ3) is 2.32. The van der Waals surface area contributed by atoms with Gasteiger partial charge in [0, 0.05) is 21.1 Å². The van der Waals surface area contributed by atoms with Crippen LogP contribution in [0.4, 0.5) is 11.9 Å². The Balaban J connectivity index is 2.18. The monoisotopic (exact) mass is 223 g/mol. The molecule has 0 aliphatic heterocycles. The quantitative estimate of drug-likeness (QED) is 0.818. The molecule has 16 heavy (non-hydrogen) atoms. The zero-order valence-electron chi connectivity index (χ0n) is 9.90. The maximum Gasteiger partial charge on any atom is 0.323 e. The van der Waals surface area contributed by atoms with Gasteiger partial charge in [0.15, 0.2) is 0 Å². The van der Waals surface area contributed by atoms with Crippen LogP contribution in [0, 0.1) is 0 Å². The van der Waals surface area contributed by atoms with Crippen molar-refractivity contribution in [3.05, 3.63) is 0 Å². The molecule has 0 radical (unpaired) electrons. The molecule has 6 nitrogen and oxygen atoms in total. The van der Waals surface area contributed by atoms with Crippen LogP contribution in [0.5, 0.6) is 6.01 Å². The van der Waals surface area contributed by atoms with Crippen LogP contribution < -0.4 is 15.0 Å². The van der Waals surface area contributed by atoms with E-state index < -0.39 is 0 Å². The summed E-state index contributed by atoms with van der Waals surface area (Å²) >= 11 is 0. The van der Waals surface area contributed by atoms with E-state index in [1.807, 2.05) is 19.0 Å². The first-order chi connectivity index (χ1) is 7.69. The average Bonchev–Trinajstić information content (AvgIpc) is 2.23. The Morgan fingerprint density at radius 2 is 2.00 bits per heavy atom. The van der Waals surface area contributed by atoms with Gasteiger partial charge in [-0.05, 0) is 19.3 Å². The van der Waals surface area contributed by atoms with Crippen molar-refractivity contribution < 1.29 is 4.74 Å². The molecule has 1 aliphatic rings. The van der Waals surface area contributed by atoms with Crippen molar-refractivity contribution in [3.8, 4) is 6.01 Å². The molecule has 0 amide bonds. The van der Waals surface area contributed by atoms with Gasteiger partial charge in [0.1, 0.15) is 6.10 Å². The Kier molecular flexibility index (Phi) is 3.07. The zero-order chi connectivity index (χ0) is 11.5. The highest BCUT2D eigenvalue weighted by atomic mass is 16.5. The summed E-state index contributed by atoms with van der Waals surface area (Å²) in [5, 5.41) is 2.90. The molecule has 1 fully saturated rings. The number of aromatic nitrogens is 3. The molecule has 0 atom stereocenters. The second-order valence-electron chi connectivity index (χ2n) is 4.06. The standard InChI is InChI=1S/C10H17N5O/c1-11-8-12-9(15(2)3)14-10(13-8)16-7-5-4-6-7/h7H,4-6H2,1-3H3,(H,11,12,13,14). The second kappa shape index (κ2) is 4.51. The van der Waals surface area contributed by atoms with Crippen LogP contribution in [0.3, 0.4) is 0 Å². The number of anilines is 2. The van der Waals surface area contributed by atoms with Crippen molar-refractivity contribution >= 4 is 11.9 Å². The molecule has 1 aromatic rings. The lowest BCUT2D eigenvalue weighted by Crippen LogP contribution is -2.26. The van der Waals surface area contributed by atoms with E-state index in [0.717, 1.165) is 12.8 Å². The van der Waals surface area contributed by atoms with Crippen LogP contribution in [0.2, 0.25) is 0 Å². The third-order valence-electron chi connectivity index (χ3n) is 2.55. The van der Waals surface area contributed by atoms with Crippen molar-refractivity contribution in [2.24, 2.45) is 0 Å². The molecular weight excluding hydrogens is 206 g/mol. The van der Waals surface area contributed by atoms with Crippen LogP contribution in [0.15, 0.2) is 0 Å². The van der Waals surface area contributed by atoms with E-state index in [-0.39, 0.29) is 6.10 Å². The highest BCUT2D eigenvalue weighted by Crippen LogP contribution is 2.24. The maximum absolute atomic E-state index is 5.65. The molecule has 1 aliphatic carbocycles. The largest absolute Gasteiger partial charge is 0.460 e. The first kappa shape index (κ1) is 10.9. The predicted molar refractivity (Wildman–Crippen MR) is 62.0 cm³/mol. The summed E-state index contributed by atoms with van der Waals surface area (Å²) in [4.78, 5) is 14.5. The Labute approximate surface area is 95.1 Å². The smallest absolute Gasteiger partial charge is 0.323 e. The Morgan fingerprint density at radius 1 is 1.25 bits per heavy atom. The zero-order valence-corrected chi connectivity index (χ0v) is 9.90. The van der Waals surface area contributed by atoms with E-state index in [4.69, 9.17) is 4.74 Å². The van der Waals surface area contributed by atoms with Gasteiger partial charge in [-0.1, -0.05) is 0 Å². The van der Waals surface area contributed by atoms with Gasteiger partial charge >= 0.3 is 6.01 Å². The van der Waals surface area contributed by atoms with Crippen LogP contribution in [0.25, 0.3) is 0 Å². The van der Waals surface area contributed by atoms with Gasteiger partial charge in [0.2, 0.25) is 11.9 Å². The van der Waals surface area contributed by atoms with Crippen LogP contribution in [-0.4, -0.2) is 42.2 Å². The highest BCUT2D eigenvalue weighted by molar-refractivity contribution is 5.36. The molecule has 0 aromatic carbocycles. The van der Waals surface area contributed by atoms with E-state index in [0.29, 0.717) is 17.9 Å². The van der Waals surface area contributed by atoms with Gasteiger partial charge in [-0.15, -0.1) is 0 Å². The topological polar surface area (TPSA) is 63.2 Å². The molecular formula is C10H17N5O. The summed E-state index contributed by atoms with van der Waals surface area (Å²) in [7, 11) is 5.56. The van der Waals surface area contributed by atoms with E-state index >= 15 is 0 Å². The number of hydrogen-bond acceptors (Lipinski definition) is 6. The minimum absolute atomic E-state index is 0.280. The number of hydrogen-bond donors (Lipinski definition) is 1. The van der Waals surface area contributed by atoms with Crippen molar-refractivity contribution in [2.45, 2.75) is 25.4 Å². The van der Waals surface area contributed by atoms with Crippen molar-refractivity contribution in [1.82, 2.24) is 15.0 Å². The van der Waals surface area contributed by atoms with Crippen molar-refractivity contribution in [2.75, 3.05) is 31.4 Å². The number of nitrogens with one attached hydrogen (secondary N) is 1. The molecule has 6 heteroatoms. The van der Waals surface area contributed by atoms with Gasteiger partial charge in [-0.25, -0.2) is 0 Å². The number of ether oxygens (including phenoxy) is 1. The maximum atomic E-state index is 5.65. The molecule has 0 saturated heterocycles. The molecule has 1 heterocycles. The predicted octanol–water partition coefficient (Wildman–Crippen LogP) is 0.911. The molecule has 2 rings (SSSR count). The minimum Gasteiger partial charge on any atom is -0.460 e. The molecule has 0 unspecified atom stereocenters. The van der Waals surface area contributed by atoms with Gasteiger partial charge in [0.25, 0.3) is 0 Å². The third-order valence-corrected chi connectivity index (χ3v) is 2.55. The van der Waals surface area contributed by atoms with E-state index in [1.165, 1.54) is 6.42 Å². The lowest BCUT2D eigenvalue weighted by atomic mass is 9.96. The van der Waals surface area contributed by atoms with E-state index in [9.17, 15) is 0 Å². The Hall–Kier alpha value is -1.59. The Morgan fingerprint density at radius 3 is 2.50 bits per heavy atom. The van der Waals surface area contributed by atoms with Crippen LogP contribution >= 0.6 is 0 Å². The number of rotatable bonds is 4. The molecule has 1 aromatic heterocycles. The van der Waals surface area contributed by atoms with Crippen molar-refractivity contribution in [3.63, 3.8) is 0 Å². The van der Waals surface area contributed by atoms with Crippen LogP contribution in [-0.2, 0) is 0 Å². The van der Waals surface area contributed by atoms with Gasteiger partial charge in [-0.3, -0.25) is 0 Å². The van der Waals surface area contributed by atoms with Gasteiger partial charge in [0.05, 0.1) is 0 Å². The molecule has 0 spiro atoms. The lowest BCUT2D eigenvalue weighted by molar-refractivity contribution is 0.108. The lowest BCUT2D eigenvalue weighted by Gasteiger charge is -2.25. The van der Waals surface area contributed by atoms with E-state index in [2.05, 4.69) is 20.3 Å². The second-order valence-corrected chi connectivity index (χ2v) is 4.06. The molecule has 1 N–H and O–H groups in total. The summed E-state index contributed by atoms with van der Waals surface area (Å²) in [6.07, 6.45) is 3.70. The first-order valence-electron chi connectivity index (χ1n) is 5.47. The van der Waals surface area contributed by atoms with Gasteiger partial charge < -0.3 is 15.0 Å². The SMILES string of the molecule is CNc1nc(OC2CCC2)nc(N(C)C)n1.